The normalized spacial score (nSPS) is 16.9. The Morgan fingerprint density at radius 1 is 1.09 bits per heavy atom. The fourth-order valence-corrected chi connectivity index (χ4v) is 5.00. The molecule has 2 amide bonds. The van der Waals surface area contributed by atoms with Crippen LogP contribution in [-0.4, -0.2) is 17.1 Å². The number of hydrogen-bond acceptors (Lipinski definition) is 4. The molecule has 1 fully saturated rings. The zero-order valence-electron chi connectivity index (χ0n) is 17.8. The molecule has 3 aromatic carbocycles. The van der Waals surface area contributed by atoms with E-state index in [-0.39, 0.29) is 11.5 Å². The van der Waals surface area contributed by atoms with E-state index in [9.17, 15) is 14.9 Å². The number of anilines is 2. The van der Waals surface area contributed by atoms with Crippen molar-refractivity contribution in [3.8, 4) is 6.07 Å². The van der Waals surface area contributed by atoms with Gasteiger partial charge in [-0.05, 0) is 49.2 Å². The Bertz CT molecular complexity index is 1270. The van der Waals surface area contributed by atoms with Crippen molar-refractivity contribution in [1.82, 2.24) is 0 Å². The third-order valence-corrected chi connectivity index (χ3v) is 6.64. The lowest BCUT2D eigenvalue weighted by molar-refractivity contribution is -0.117. The number of carbonyl (C=O) groups excluding carboxylic acids is 2. The minimum absolute atomic E-state index is 0.122. The molecule has 1 saturated heterocycles. The number of para-hydroxylation sites is 1. The molecule has 164 valence electrons. The molecule has 0 bridgehead atoms. The summed E-state index contributed by atoms with van der Waals surface area (Å²) in [5.41, 5.74) is 3.11. The van der Waals surface area contributed by atoms with Gasteiger partial charge in [-0.1, -0.05) is 77.5 Å². The number of hydrogen-bond donors (Lipinski definition) is 1. The van der Waals surface area contributed by atoms with Gasteiger partial charge in [0.15, 0.2) is 0 Å². The number of amides is 2. The van der Waals surface area contributed by atoms with Crippen LogP contribution in [0.15, 0.2) is 89.5 Å². The van der Waals surface area contributed by atoms with Crippen molar-refractivity contribution in [2.75, 3.05) is 10.2 Å². The van der Waals surface area contributed by atoms with Crippen molar-refractivity contribution in [2.45, 2.75) is 18.6 Å². The molecule has 0 saturated carbocycles. The van der Waals surface area contributed by atoms with Crippen LogP contribution in [0.5, 0.6) is 0 Å². The van der Waals surface area contributed by atoms with E-state index in [4.69, 9.17) is 11.6 Å². The second kappa shape index (κ2) is 9.95. The Morgan fingerprint density at radius 2 is 1.82 bits per heavy atom. The van der Waals surface area contributed by atoms with E-state index in [2.05, 4.69) is 5.32 Å². The lowest BCUT2D eigenvalue weighted by Gasteiger charge is -2.18. The fourth-order valence-electron chi connectivity index (χ4n) is 3.50. The van der Waals surface area contributed by atoms with E-state index in [1.807, 2.05) is 55.5 Å². The summed E-state index contributed by atoms with van der Waals surface area (Å²) in [7, 11) is 0. The van der Waals surface area contributed by atoms with Gasteiger partial charge in [0.1, 0.15) is 16.7 Å². The molecule has 1 aliphatic heterocycles. The zero-order valence-corrected chi connectivity index (χ0v) is 19.4. The SMILES string of the molecule is Cc1ccc(CC2SC(=C(C#N)C(=O)Nc3cccc(Cl)c3)N(c3ccccc3)C2=O)cc1. The number of rotatable bonds is 5. The molecule has 4 rings (SSSR count). The van der Waals surface area contributed by atoms with Gasteiger partial charge in [0, 0.05) is 16.4 Å². The van der Waals surface area contributed by atoms with Crippen LogP contribution in [-0.2, 0) is 16.0 Å². The highest BCUT2D eigenvalue weighted by atomic mass is 35.5. The van der Waals surface area contributed by atoms with E-state index in [1.165, 1.54) is 16.7 Å². The number of nitrogens with one attached hydrogen (secondary N) is 1. The van der Waals surface area contributed by atoms with Gasteiger partial charge in [-0.15, -0.1) is 0 Å². The molecule has 1 unspecified atom stereocenters. The quantitative estimate of drug-likeness (QED) is 0.380. The van der Waals surface area contributed by atoms with E-state index < -0.39 is 11.2 Å². The van der Waals surface area contributed by atoms with Gasteiger partial charge < -0.3 is 5.32 Å². The average Bonchev–Trinajstić information content (AvgIpc) is 3.12. The fraction of sp³-hybridized carbons (Fsp3) is 0.115. The molecule has 1 N–H and O–H groups in total. The molecule has 1 atom stereocenters. The van der Waals surface area contributed by atoms with Crippen molar-refractivity contribution in [3.05, 3.63) is 106 Å². The third-order valence-electron chi connectivity index (χ3n) is 5.14. The molecule has 0 radical (unpaired) electrons. The van der Waals surface area contributed by atoms with Crippen LogP contribution in [0.4, 0.5) is 11.4 Å². The molecule has 5 nitrogen and oxygen atoms in total. The maximum Gasteiger partial charge on any atom is 0.269 e. The first-order chi connectivity index (χ1) is 16.0. The maximum absolute atomic E-state index is 13.4. The van der Waals surface area contributed by atoms with Crippen molar-refractivity contribution < 1.29 is 9.59 Å². The van der Waals surface area contributed by atoms with Crippen LogP contribution in [0.2, 0.25) is 5.02 Å². The lowest BCUT2D eigenvalue weighted by atomic mass is 10.1. The minimum atomic E-state index is -0.591. The van der Waals surface area contributed by atoms with Crippen molar-refractivity contribution in [2.24, 2.45) is 0 Å². The van der Waals surface area contributed by atoms with Gasteiger partial charge in [-0.2, -0.15) is 5.26 Å². The lowest BCUT2D eigenvalue weighted by Crippen LogP contribution is -2.30. The first-order valence-corrected chi connectivity index (χ1v) is 11.5. The Balaban J connectivity index is 1.71. The number of benzene rings is 3. The zero-order chi connectivity index (χ0) is 23.4. The second-order valence-electron chi connectivity index (χ2n) is 7.56. The second-order valence-corrected chi connectivity index (χ2v) is 9.19. The van der Waals surface area contributed by atoms with Crippen LogP contribution in [0.1, 0.15) is 11.1 Å². The molecule has 0 spiro atoms. The predicted molar refractivity (Wildman–Crippen MR) is 133 cm³/mol. The molecule has 3 aromatic rings. The van der Waals surface area contributed by atoms with E-state index in [0.29, 0.717) is 27.8 Å². The highest BCUT2D eigenvalue weighted by molar-refractivity contribution is 8.05. The Hall–Kier alpha value is -3.53. The van der Waals surface area contributed by atoms with Gasteiger partial charge in [0.05, 0.1) is 5.25 Å². The number of nitriles is 1. The van der Waals surface area contributed by atoms with Gasteiger partial charge in [-0.3, -0.25) is 14.5 Å². The molecular formula is C26H20ClN3O2S. The average molecular weight is 474 g/mol. The van der Waals surface area contributed by atoms with Crippen molar-refractivity contribution in [1.29, 1.82) is 5.26 Å². The van der Waals surface area contributed by atoms with Crippen molar-refractivity contribution >= 4 is 46.6 Å². The summed E-state index contributed by atoms with van der Waals surface area (Å²) < 4.78 is 0. The van der Waals surface area contributed by atoms with Crippen LogP contribution >= 0.6 is 23.4 Å². The molecule has 33 heavy (non-hydrogen) atoms. The summed E-state index contributed by atoms with van der Waals surface area (Å²) in [4.78, 5) is 28.0. The Labute approximate surface area is 201 Å². The number of carbonyl (C=O) groups is 2. The molecule has 0 aromatic heterocycles. The first-order valence-electron chi connectivity index (χ1n) is 10.3. The van der Waals surface area contributed by atoms with Gasteiger partial charge in [0.25, 0.3) is 5.91 Å². The summed E-state index contributed by atoms with van der Waals surface area (Å²) in [6, 6.07) is 25.8. The molecule has 7 heteroatoms. The van der Waals surface area contributed by atoms with Crippen molar-refractivity contribution in [3.63, 3.8) is 0 Å². The van der Waals surface area contributed by atoms with Gasteiger partial charge in [-0.25, -0.2) is 0 Å². The van der Waals surface area contributed by atoms with Gasteiger partial charge in [0.2, 0.25) is 5.91 Å². The standard InChI is InChI=1S/C26H20ClN3O2S/c1-17-10-12-18(13-11-17)14-23-25(32)30(21-8-3-2-4-9-21)26(33-23)22(16-28)24(31)29-20-7-5-6-19(27)15-20/h2-13,15,23H,14H2,1H3,(H,29,31). The summed E-state index contributed by atoms with van der Waals surface area (Å²) >= 11 is 7.25. The molecule has 1 aliphatic rings. The molecule has 0 aliphatic carbocycles. The predicted octanol–water partition coefficient (Wildman–Crippen LogP) is 5.71. The van der Waals surface area contributed by atoms with Crippen LogP contribution in [0.3, 0.4) is 0 Å². The topological polar surface area (TPSA) is 73.2 Å². The minimum Gasteiger partial charge on any atom is -0.321 e. The third kappa shape index (κ3) is 5.11. The monoisotopic (exact) mass is 473 g/mol. The van der Waals surface area contributed by atoms with E-state index in [0.717, 1.165) is 11.1 Å². The number of aryl methyl sites for hydroxylation is 1. The Kier molecular flexibility index (Phi) is 6.83. The van der Waals surface area contributed by atoms with E-state index in [1.54, 1.807) is 36.4 Å². The van der Waals surface area contributed by atoms with E-state index >= 15 is 0 Å². The summed E-state index contributed by atoms with van der Waals surface area (Å²) in [6.45, 7) is 2.01. The maximum atomic E-state index is 13.4. The highest BCUT2D eigenvalue weighted by Crippen LogP contribution is 2.42. The van der Waals surface area contributed by atoms with Crippen LogP contribution in [0, 0.1) is 18.3 Å². The van der Waals surface area contributed by atoms with Crippen LogP contribution in [0.25, 0.3) is 0 Å². The van der Waals surface area contributed by atoms with Crippen LogP contribution < -0.4 is 10.2 Å². The Morgan fingerprint density at radius 3 is 2.48 bits per heavy atom. The summed E-state index contributed by atoms with van der Waals surface area (Å²) in [6.07, 6.45) is 0.491. The number of nitrogens with zero attached hydrogens (tertiary/aromatic N) is 2. The smallest absolute Gasteiger partial charge is 0.269 e. The first kappa shape index (κ1) is 22.7. The largest absolute Gasteiger partial charge is 0.321 e. The molecule has 1 heterocycles. The highest BCUT2D eigenvalue weighted by Gasteiger charge is 2.40. The number of halogens is 1. The van der Waals surface area contributed by atoms with Gasteiger partial charge >= 0.3 is 0 Å². The summed E-state index contributed by atoms with van der Waals surface area (Å²) in [5, 5.41) is 13.0. The molecular weight excluding hydrogens is 454 g/mol. The number of thioether (sulfide) groups is 1. The summed E-state index contributed by atoms with van der Waals surface area (Å²) in [5.74, 6) is -0.753.